The number of amides is 1. The molecule has 0 spiro atoms. The van der Waals surface area contributed by atoms with Crippen LogP contribution in [0.3, 0.4) is 0 Å². The van der Waals surface area contributed by atoms with Gasteiger partial charge in [-0.25, -0.2) is 9.97 Å². The van der Waals surface area contributed by atoms with E-state index in [4.69, 9.17) is 5.11 Å². The molecule has 7 heteroatoms. The monoisotopic (exact) mass is 294 g/mol. The van der Waals surface area contributed by atoms with Gasteiger partial charge in [0.2, 0.25) is 5.91 Å². The predicted octanol–water partition coefficient (Wildman–Crippen LogP) is 0.749. The second-order valence-corrected chi connectivity index (χ2v) is 5.63. The van der Waals surface area contributed by atoms with E-state index >= 15 is 0 Å². The van der Waals surface area contributed by atoms with Gasteiger partial charge in [0.05, 0.1) is 42.3 Å². The summed E-state index contributed by atoms with van der Waals surface area (Å²) in [6.45, 7) is 2.62. The van der Waals surface area contributed by atoms with Gasteiger partial charge in [-0.1, -0.05) is 0 Å². The summed E-state index contributed by atoms with van der Waals surface area (Å²) in [6.07, 6.45) is 3.69. The van der Waals surface area contributed by atoms with Gasteiger partial charge in [0.1, 0.15) is 0 Å². The number of carbonyl (C=O) groups is 1. The molecule has 0 saturated heterocycles. The van der Waals surface area contributed by atoms with Crippen molar-refractivity contribution in [2.24, 2.45) is 7.05 Å². The van der Waals surface area contributed by atoms with Crippen LogP contribution >= 0.6 is 11.3 Å². The van der Waals surface area contributed by atoms with Crippen LogP contribution in [0, 0.1) is 6.92 Å². The predicted molar refractivity (Wildman–Crippen MR) is 76.3 cm³/mol. The summed E-state index contributed by atoms with van der Waals surface area (Å²) in [5.41, 5.74) is 1.71. The number of hydrogen-bond acceptors (Lipinski definition) is 5. The molecule has 20 heavy (non-hydrogen) atoms. The van der Waals surface area contributed by atoms with Crippen molar-refractivity contribution in [2.45, 2.75) is 19.9 Å². The molecule has 1 N–H and O–H groups in total. The highest BCUT2D eigenvalue weighted by molar-refractivity contribution is 7.09. The first kappa shape index (κ1) is 14.7. The van der Waals surface area contributed by atoms with E-state index in [2.05, 4.69) is 9.97 Å². The van der Waals surface area contributed by atoms with Gasteiger partial charge in [-0.2, -0.15) is 0 Å². The van der Waals surface area contributed by atoms with Crippen LogP contribution in [0.5, 0.6) is 0 Å². The van der Waals surface area contributed by atoms with E-state index < -0.39 is 0 Å². The Balaban J connectivity index is 2.03. The zero-order chi connectivity index (χ0) is 14.5. The fourth-order valence-corrected chi connectivity index (χ4v) is 2.51. The highest BCUT2D eigenvalue weighted by Gasteiger charge is 2.16. The van der Waals surface area contributed by atoms with E-state index in [0.717, 1.165) is 16.4 Å². The molecule has 0 radical (unpaired) electrons. The molecule has 0 aliphatic rings. The van der Waals surface area contributed by atoms with Crippen LogP contribution < -0.4 is 0 Å². The molecule has 0 aromatic carbocycles. The molecule has 0 aliphatic carbocycles. The SMILES string of the molecule is Cc1nc(CC(=O)N(CCO)Cc2cncn2C)cs1. The first-order valence-electron chi connectivity index (χ1n) is 6.35. The smallest absolute Gasteiger partial charge is 0.229 e. The number of aliphatic hydroxyl groups is 1. The van der Waals surface area contributed by atoms with Crippen LogP contribution in [0.1, 0.15) is 16.4 Å². The average Bonchev–Trinajstić information content (AvgIpc) is 2.98. The van der Waals surface area contributed by atoms with Crippen molar-refractivity contribution in [1.29, 1.82) is 0 Å². The number of aliphatic hydroxyl groups excluding tert-OH is 1. The highest BCUT2D eigenvalue weighted by atomic mass is 32.1. The van der Waals surface area contributed by atoms with Crippen molar-refractivity contribution < 1.29 is 9.90 Å². The molecule has 0 unspecified atom stereocenters. The van der Waals surface area contributed by atoms with Crippen molar-refractivity contribution in [3.05, 3.63) is 34.3 Å². The molecule has 2 heterocycles. The molecular formula is C13H18N4O2S. The van der Waals surface area contributed by atoms with Gasteiger partial charge in [-0.05, 0) is 6.92 Å². The standard InChI is InChI=1S/C13H18N4O2S/c1-10-15-11(8-20-10)5-13(19)17(3-4-18)7-12-6-14-9-16(12)2/h6,8-9,18H,3-5,7H2,1-2H3. The topological polar surface area (TPSA) is 71.2 Å². The van der Waals surface area contributed by atoms with E-state index in [1.807, 2.05) is 23.9 Å². The highest BCUT2D eigenvalue weighted by Crippen LogP contribution is 2.11. The molecule has 0 fully saturated rings. The maximum absolute atomic E-state index is 12.3. The largest absolute Gasteiger partial charge is 0.395 e. The third-order valence-corrected chi connectivity index (χ3v) is 3.81. The van der Waals surface area contributed by atoms with Gasteiger partial charge in [0, 0.05) is 25.2 Å². The van der Waals surface area contributed by atoms with Crippen LogP contribution in [-0.4, -0.2) is 43.6 Å². The number of thiazole rings is 1. The van der Waals surface area contributed by atoms with E-state index in [9.17, 15) is 4.79 Å². The molecule has 6 nitrogen and oxygen atoms in total. The van der Waals surface area contributed by atoms with Crippen LogP contribution in [-0.2, 0) is 24.8 Å². The lowest BCUT2D eigenvalue weighted by Crippen LogP contribution is -2.34. The summed E-state index contributed by atoms with van der Waals surface area (Å²) in [4.78, 5) is 22.3. The van der Waals surface area contributed by atoms with Crippen molar-refractivity contribution in [2.75, 3.05) is 13.2 Å². The quantitative estimate of drug-likeness (QED) is 0.853. The molecule has 0 atom stereocenters. The van der Waals surface area contributed by atoms with Crippen molar-refractivity contribution in [3.63, 3.8) is 0 Å². The normalized spacial score (nSPS) is 10.8. The van der Waals surface area contributed by atoms with Crippen molar-refractivity contribution >= 4 is 17.2 Å². The Bertz CT molecular complexity index is 578. The summed E-state index contributed by atoms with van der Waals surface area (Å²) in [7, 11) is 1.88. The maximum Gasteiger partial charge on any atom is 0.229 e. The second-order valence-electron chi connectivity index (χ2n) is 4.57. The zero-order valence-electron chi connectivity index (χ0n) is 11.6. The fraction of sp³-hybridized carbons (Fsp3) is 0.462. The number of hydrogen-bond donors (Lipinski definition) is 1. The number of nitrogens with zero attached hydrogens (tertiary/aromatic N) is 4. The fourth-order valence-electron chi connectivity index (χ4n) is 1.90. The Hall–Kier alpha value is -1.73. The van der Waals surface area contributed by atoms with Gasteiger partial charge in [-0.15, -0.1) is 11.3 Å². The number of imidazole rings is 1. The number of carbonyl (C=O) groups excluding carboxylic acids is 1. The van der Waals surface area contributed by atoms with E-state index in [-0.39, 0.29) is 18.9 Å². The van der Waals surface area contributed by atoms with Gasteiger partial charge in [0.25, 0.3) is 0 Å². The minimum absolute atomic E-state index is 0.0365. The molecular weight excluding hydrogens is 276 g/mol. The molecule has 2 aromatic rings. The Morgan fingerprint density at radius 3 is 2.90 bits per heavy atom. The average molecular weight is 294 g/mol. The van der Waals surface area contributed by atoms with Crippen LogP contribution in [0.25, 0.3) is 0 Å². The van der Waals surface area contributed by atoms with Gasteiger partial charge >= 0.3 is 0 Å². The van der Waals surface area contributed by atoms with Crippen molar-refractivity contribution in [3.8, 4) is 0 Å². The van der Waals surface area contributed by atoms with E-state index in [1.54, 1.807) is 17.4 Å². The zero-order valence-corrected chi connectivity index (χ0v) is 12.4. The molecule has 2 rings (SSSR count). The van der Waals surface area contributed by atoms with Gasteiger partial charge in [-0.3, -0.25) is 4.79 Å². The third-order valence-electron chi connectivity index (χ3n) is 2.99. The number of rotatable bonds is 6. The molecule has 0 bridgehead atoms. The Morgan fingerprint density at radius 2 is 2.35 bits per heavy atom. The third kappa shape index (κ3) is 3.64. The lowest BCUT2D eigenvalue weighted by atomic mass is 10.2. The summed E-state index contributed by atoms with van der Waals surface area (Å²) < 4.78 is 1.87. The Morgan fingerprint density at radius 1 is 1.55 bits per heavy atom. The summed E-state index contributed by atoms with van der Waals surface area (Å²) >= 11 is 1.53. The minimum atomic E-state index is -0.0559. The molecule has 108 valence electrons. The first-order chi connectivity index (χ1) is 9.60. The lowest BCUT2D eigenvalue weighted by Gasteiger charge is -2.21. The van der Waals surface area contributed by atoms with E-state index in [1.165, 1.54) is 11.3 Å². The van der Waals surface area contributed by atoms with Crippen LogP contribution in [0.2, 0.25) is 0 Å². The Labute approximate surface area is 121 Å². The first-order valence-corrected chi connectivity index (χ1v) is 7.23. The van der Waals surface area contributed by atoms with Crippen molar-refractivity contribution in [1.82, 2.24) is 19.4 Å². The van der Waals surface area contributed by atoms with Gasteiger partial charge < -0.3 is 14.6 Å². The van der Waals surface area contributed by atoms with Crippen LogP contribution in [0.15, 0.2) is 17.9 Å². The van der Waals surface area contributed by atoms with E-state index in [0.29, 0.717) is 13.1 Å². The summed E-state index contributed by atoms with van der Waals surface area (Å²) in [6, 6.07) is 0. The number of aromatic nitrogens is 3. The van der Waals surface area contributed by atoms with Crippen LogP contribution in [0.4, 0.5) is 0 Å². The van der Waals surface area contributed by atoms with Gasteiger partial charge in [0.15, 0.2) is 0 Å². The lowest BCUT2D eigenvalue weighted by molar-refractivity contribution is -0.131. The molecule has 0 aliphatic heterocycles. The molecule has 1 amide bonds. The molecule has 0 saturated carbocycles. The minimum Gasteiger partial charge on any atom is -0.395 e. The second kappa shape index (κ2) is 6.62. The Kier molecular flexibility index (Phi) is 4.86. The summed E-state index contributed by atoms with van der Waals surface area (Å²) in [5.74, 6) is -0.0365. The number of aryl methyl sites for hydroxylation is 2. The summed E-state index contributed by atoms with van der Waals surface area (Å²) in [5, 5.41) is 12.0. The molecule has 2 aromatic heterocycles. The maximum atomic E-state index is 12.3.